The smallest absolute Gasteiger partial charge is 0.0131 e. The topological polar surface area (TPSA) is 0 Å². The third kappa shape index (κ3) is 1.36. The lowest BCUT2D eigenvalue weighted by Crippen LogP contribution is -2.16. The van der Waals surface area contributed by atoms with Crippen molar-refractivity contribution in [2.75, 3.05) is 0 Å². The van der Waals surface area contributed by atoms with Crippen molar-refractivity contribution in [2.45, 2.75) is 38.0 Å². The normalized spacial score (nSPS) is 26.8. The van der Waals surface area contributed by atoms with Crippen molar-refractivity contribution < 1.29 is 0 Å². The highest BCUT2D eigenvalue weighted by molar-refractivity contribution is 5.87. The molecule has 2 aromatic rings. The van der Waals surface area contributed by atoms with Crippen LogP contribution in [0.3, 0.4) is 0 Å². The van der Waals surface area contributed by atoms with E-state index in [1.807, 2.05) is 0 Å². The second-order valence-electron chi connectivity index (χ2n) is 5.69. The summed E-state index contributed by atoms with van der Waals surface area (Å²) in [5.41, 5.74) is 3.34. The van der Waals surface area contributed by atoms with Gasteiger partial charge in [-0.15, -0.1) is 0 Å². The second kappa shape index (κ2) is 3.60. The fraction of sp³-hybridized carbons (Fsp3) is 0.412. The van der Waals surface area contributed by atoms with Crippen LogP contribution in [0.25, 0.3) is 10.8 Å². The Kier molecular flexibility index (Phi) is 2.05. The molecular weight excluding hydrogens is 204 g/mol. The molecule has 1 saturated carbocycles. The van der Waals surface area contributed by atoms with Crippen LogP contribution < -0.4 is 0 Å². The Labute approximate surface area is 103 Å². The zero-order valence-electron chi connectivity index (χ0n) is 10.2. The molecule has 2 atom stereocenters. The summed E-state index contributed by atoms with van der Waals surface area (Å²) in [6, 6.07) is 13.6. The summed E-state index contributed by atoms with van der Waals surface area (Å²) in [5.74, 6) is 1.87. The molecule has 0 heteroatoms. The van der Waals surface area contributed by atoms with Crippen molar-refractivity contribution >= 4 is 10.8 Å². The summed E-state index contributed by atoms with van der Waals surface area (Å²) < 4.78 is 0. The van der Waals surface area contributed by atoms with Gasteiger partial charge in [-0.1, -0.05) is 42.8 Å². The van der Waals surface area contributed by atoms with Crippen LogP contribution in [-0.2, 0) is 6.42 Å². The van der Waals surface area contributed by atoms with Gasteiger partial charge in [0.25, 0.3) is 0 Å². The van der Waals surface area contributed by atoms with Crippen LogP contribution in [0.2, 0.25) is 0 Å². The van der Waals surface area contributed by atoms with Crippen LogP contribution in [0, 0.1) is 5.92 Å². The minimum Gasteiger partial charge on any atom is -0.0616 e. The molecule has 0 nitrogen and oxygen atoms in total. The van der Waals surface area contributed by atoms with E-state index in [1.54, 1.807) is 11.1 Å². The van der Waals surface area contributed by atoms with Crippen molar-refractivity contribution in [3.63, 3.8) is 0 Å². The SMILES string of the molecule is c1ccc2c3c(ccc2c1)[C@@H]1CCC[C@H]1CC3. The van der Waals surface area contributed by atoms with Crippen LogP contribution >= 0.6 is 0 Å². The summed E-state index contributed by atoms with van der Waals surface area (Å²) in [6.45, 7) is 0. The molecule has 0 bridgehead atoms. The van der Waals surface area contributed by atoms with Crippen LogP contribution in [-0.4, -0.2) is 0 Å². The minimum absolute atomic E-state index is 0.878. The van der Waals surface area contributed by atoms with Crippen LogP contribution in [0.4, 0.5) is 0 Å². The monoisotopic (exact) mass is 222 g/mol. The largest absolute Gasteiger partial charge is 0.0616 e. The highest BCUT2D eigenvalue weighted by Gasteiger charge is 2.33. The lowest BCUT2D eigenvalue weighted by atomic mass is 9.75. The molecule has 0 radical (unpaired) electrons. The van der Waals surface area contributed by atoms with Gasteiger partial charge in [0.05, 0.1) is 0 Å². The average Bonchev–Trinajstić information content (AvgIpc) is 2.86. The molecule has 86 valence electrons. The van der Waals surface area contributed by atoms with E-state index in [1.165, 1.54) is 42.9 Å². The van der Waals surface area contributed by atoms with Crippen LogP contribution in [0.1, 0.15) is 42.7 Å². The van der Waals surface area contributed by atoms with Crippen molar-refractivity contribution in [2.24, 2.45) is 5.92 Å². The Morgan fingerprint density at radius 2 is 1.82 bits per heavy atom. The Balaban J connectivity index is 1.97. The van der Waals surface area contributed by atoms with Gasteiger partial charge in [-0.25, -0.2) is 0 Å². The first-order valence-electron chi connectivity index (χ1n) is 6.94. The number of hydrogen-bond acceptors (Lipinski definition) is 0. The van der Waals surface area contributed by atoms with E-state index in [-0.39, 0.29) is 0 Å². The van der Waals surface area contributed by atoms with E-state index in [4.69, 9.17) is 0 Å². The molecule has 0 amide bonds. The van der Waals surface area contributed by atoms with Crippen LogP contribution in [0.5, 0.6) is 0 Å². The molecule has 2 aromatic carbocycles. The van der Waals surface area contributed by atoms with Gasteiger partial charge in [0.2, 0.25) is 0 Å². The van der Waals surface area contributed by atoms with Crippen molar-refractivity contribution in [3.05, 3.63) is 47.5 Å². The number of fused-ring (bicyclic) bond motifs is 5. The number of benzene rings is 2. The van der Waals surface area contributed by atoms with E-state index in [0.29, 0.717) is 0 Å². The maximum Gasteiger partial charge on any atom is -0.0131 e. The summed E-state index contributed by atoms with van der Waals surface area (Å²) in [7, 11) is 0. The minimum atomic E-state index is 0.878. The predicted octanol–water partition coefficient (Wildman–Crippen LogP) is 4.67. The molecule has 0 spiro atoms. The first kappa shape index (κ1) is 9.70. The third-order valence-corrected chi connectivity index (χ3v) is 4.90. The van der Waals surface area contributed by atoms with Gasteiger partial charge in [-0.05, 0) is 59.4 Å². The van der Waals surface area contributed by atoms with E-state index in [2.05, 4.69) is 36.4 Å². The Morgan fingerprint density at radius 3 is 2.82 bits per heavy atom. The first-order valence-corrected chi connectivity index (χ1v) is 6.94. The summed E-state index contributed by atoms with van der Waals surface area (Å²) in [6.07, 6.45) is 7.07. The van der Waals surface area contributed by atoms with E-state index < -0.39 is 0 Å². The maximum atomic E-state index is 2.42. The van der Waals surface area contributed by atoms with E-state index in [0.717, 1.165) is 11.8 Å². The molecule has 0 aliphatic heterocycles. The molecule has 2 aliphatic rings. The van der Waals surface area contributed by atoms with E-state index in [9.17, 15) is 0 Å². The van der Waals surface area contributed by atoms with Gasteiger partial charge in [-0.2, -0.15) is 0 Å². The second-order valence-corrected chi connectivity index (χ2v) is 5.69. The molecule has 0 aromatic heterocycles. The van der Waals surface area contributed by atoms with E-state index >= 15 is 0 Å². The molecule has 1 fully saturated rings. The van der Waals surface area contributed by atoms with Crippen molar-refractivity contribution in [1.82, 2.24) is 0 Å². The number of rotatable bonds is 0. The molecule has 2 aliphatic carbocycles. The summed E-state index contributed by atoms with van der Waals surface area (Å²) in [4.78, 5) is 0. The first-order chi connectivity index (χ1) is 8.43. The van der Waals surface area contributed by atoms with Gasteiger partial charge in [0.15, 0.2) is 0 Å². The molecule has 0 unspecified atom stereocenters. The van der Waals surface area contributed by atoms with Crippen LogP contribution in [0.15, 0.2) is 36.4 Å². The average molecular weight is 222 g/mol. The number of hydrogen-bond donors (Lipinski definition) is 0. The van der Waals surface area contributed by atoms with Crippen molar-refractivity contribution in [1.29, 1.82) is 0 Å². The maximum absolute atomic E-state index is 2.42. The Hall–Kier alpha value is -1.30. The highest BCUT2D eigenvalue weighted by Crippen LogP contribution is 2.48. The van der Waals surface area contributed by atoms with Gasteiger partial charge in [0, 0.05) is 0 Å². The highest BCUT2D eigenvalue weighted by atomic mass is 14.4. The fourth-order valence-corrected chi connectivity index (χ4v) is 4.10. The molecule has 4 rings (SSSR count). The molecule has 0 heterocycles. The zero-order valence-corrected chi connectivity index (χ0v) is 10.2. The van der Waals surface area contributed by atoms with Gasteiger partial charge in [0.1, 0.15) is 0 Å². The summed E-state index contributed by atoms with van der Waals surface area (Å²) in [5, 5.41) is 2.93. The lowest BCUT2D eigenvalue weighted by Gasteiger charge is -2.29. The van der Waals surface area contributed by atoms with Gasteiger partial charge >= 0.3 is 0 Å². The molecule has 0 N–H and O–H groups in total. The quantitative estimate of drug-likeness (QED) is 0.607. The van der Waals surface area contributed by atoms with Crippen molar-refractivity contribution in [3.8, 4) is 0 Å². The molecule has 17 heavy (non-hydrogen) atoms. The standard InChI is InChI=1S/C17H18/c1-2-6-14-12(4-1)8-10-17-15-7-3-5-13(15)9-11-16(14)17/h1-2,4,6,8,10,13,15H,3,5,7,9,11H2/t13-,15+/m0/s1. The third-order valence-electron chi connectivity index (χ3n) is 4.90. The Morgan fingerprint density at radius 1 is 0.882 bits per heavy atom. The number of aryl methyl sites for hydroxylation is 1. The van der Waals surface area contributed by atoms with Gasteiger partial charge < -0.3 is 0 Å². The van der Waals surface area contributed by atoms with Gasteiger partial charge in [-0.3, -0.25) is 0 Å². The lowest BCUT2D eigenvalue weighted by molar-refractivity contribution is 0.425. The zero-order chi connectivity index (χ0) is 11.2. The Bertz CT molecular complexity index is 567. The fourth-order valence-electron chi connectivity index (χ4n) is 4.10. The molecular formula is C17H18. The summed E-state index contributed by atoms with van der Waals surface area (Å²) >= 11 is 0. The predicted molar refractivity (Wildman–Crippen MR) is 72.4 cm³/mol. The molecule has 0 saturated heterocycles.